The summed E-state index contributed by atoms with van der Waals surface area (Å²) in [6, 6.07) is 12.3. The summed E-state index contributed by atoms with van der Waals surface area (Å²) in [5.41, 5.74) is 6.91. The molecule has 2 N–H and O–H groups in total. The molecule has 3 heteroatoms. The molecule has 0 radical (unpaired) electrons. The Morgan fingerprint density at radius 2 is 1.83 bits per heavy atom. The zero-order valence-corrected chi connectivity index (χ0v) is 10.3. The van der Waals surface area contributed by atoms with E-state index >= 15 is 0 Å². The van der Waals surface area contributed by atoms with Crippen molar-refractivity contribution in [2.45, 2.75) is 19.8 Å². The molecule has 94 valence electrons. The number of nitrogens with two attached hydrogens (primary N) is 1. The highest BCUT2D eigenvalue weighted by Crippen LogP contribution is 2.29. The molecule has 0 aliphatic heterocycles. The van der Waals surface area contributed by atoms with E-state index in [0.29, 0.717) is 11.5 Å². The van der Waals surface area contributed by atoms with E-state index in [4.69, 9.17) is 10.5 Å². The van der Waals surface area contributed by atoms with Crippen LogP contribution < -0.4 is 10.5 Å². The smallest absolute Gasteiger partial charge is 0.153 e. The number of aryl methyl sites for hydroxylation is 1. The number of ether oxygens (including phenoxy) is 1. The molecule has 0 amide bonds. The van der Waals surface area contributed by atoms with Gasteiger partial charge >= 0.3 is 0 Å². The Hall–Kier alpha value is -2.03. The van der Waals surface area contributed by atoms with Crippen LogP contribution in [0, 0.1) is 5.82 Å². The number of benzene rings is 2. The van der Waals surface area contributed by atoms with E-state index < -0.39 is 5.82 Å². The lowest BCUT2D eigenvalue weighted by atomic mass is 10.1. The van der Waals surface area contributed by atoms with Crippen LogP contribution in [0.25, 0.3) is 0 Å². The number of hydrogen-bond donors (Lipinski definition) is 1. The van der Waals surface area contributed by atoms with Gasteiger partial charge in [0.05, 0.1) is 0 Å². The number of anilines is 1. The Labute approximate surface area is 106 Å². The van der Waals surface area contributed by atoms with E-state index in [1.165, 1.54) is 11.6 Å². The topological polar surface area (TPSA) is 35.2 Å². The highest BCUT2D eigenvalue weighted by molar-refractivity contribution is 5.54. The first-order chi connectivity index (χ1) is 8.70. The third-order valence-electron chi connectivity index (χ3n) is 2.70. The molecule has 18 heavy (non-hydrogen) atoms. The SMILES string of the molecule is CCCc1ccc(Oc2cccc(F)c2N)cc1. The number of para-hydroxylation sites is 1. The maximum absolute atomic E-state index is 13.2. The molecule has 0 saturated carbocycles. The molecule has 0 saturated heterocycles. The van der Waals surface area contributed by atoms with Crippen LogP contribution in [-0.4, -0.2) is 0 Å². The highest BCUT2D eigenvalue weighted by atomic mass is 19.1. The van der Waals surface area contributed by atoms with Crippen molar-refractivity contribution in [3.8, 4) is 11.5 Å². The van der Waals surface area contributed by atoms with Crippen molar-refractivity contribution >= 4 is 5.69 Å². The summed E-state index contributed by atoms with van der Waals surface area (Å²) in [6.07, 6.45) is 2.15. The maximum Gasteiger partial charge on any atom is 0.153 e. The molecular weight excluding hydrogens is 229 g/mol. The predicted octanol–water partition coefficient (Wildman–Crippen LogP) is 4.15. The van der Waals surface area contributed by atoms with E-state index in [1.54, 1.807) is 12.1 Å². The van der Waals surface area contributed by atoms with Gasteiger partial charge in [0.15, 0.2) is 5.75 Å². The van der Waals surface area contributed by atoms with Crippen molar-refractivity contribution < 1.29 is 9.13 Å². The van der Waals surface area contributed by atoms with E-state index in [2.05, 4.69) is 6.92 Å². The fourth-order valence-electron chi connectivity index (χ4n) is 1.75. The second kappa shape index (κ2) is 5.54. The van der Waals surface area contributed by atoms with Crippen molar-refractivity contribution in [1.29, 1.82) is 0 Å². The summed E-state index contributed by atoms with van der Waals surface area (Å²) >= 11 is 0. The Bertz CT molecular complexity index is 523. The van der Waals surface area contributed by atoms with E-state index in [9.17, 15) is 4.39 Å². The van der Waals surface area contributed by atoms with Crippen molar-refractivity contribution in [2.75, 3.05) is 5.73 Å². The normalized spacial score (nSPS) is 10.3. The molecule has 2 rings (SSSR count). The molecule has 0 unspecified atom stereocenters. The predicted molar refractivity (Wildman–Crippen MR) is 71.3 cm³/mol. The van der Waals surface area contributed by atoms with Gasteiger partial charge in [0.2, 0.25) is 0 Å². The standard InChI is InChI=1S/C15H16FNO/c1-2-4-11-7-9-12(10-8-11)18-14-6-3-5-13(16)15(14)17/h3,5-10H,2,4,17H2,1H3. The lowest BCUT2D eigenvalue weighted by Crippen LogP contribution is -1.95. The van der Waals surface area contributed by atoms with Gasteiger partial charge in [-0.1, -0.05) is 31.5 Å². The van der Waals surface area contributed by atoms with Crippen LogP contribution in [-0.2, 0) is 6.42 Å². The van der Waals surface area contributed by atoms with Gasteiger partial charge < -0.3 is 10.5 Å². The number of rotatable bonds is 4. The summed E-state index contributed by atoms with van der Waals surface area (Å²) in [7, 11) is 0. The fraction of sp³-hybridized carbons (Fsp3) is 0.200. The average molecular weight is 245 g/mol. The number of nitrogen functional groups attached to an aromatic ring is 1. The minimum atomic E-state index is -0.463. The van der Waals surface area contributed by atoms with E-state index in [0.717, 1.165) is 12.8 Å². The molecule has 2 nitrogen and oxygen atoms in total. The van der Waals surface area contributed by atoms with Crippen molar-refractivity contribution in [1.82, 2.24) is 0 Å². The summed E-state index contributed by atoms with van der Waals surface area (Å²) < 4.78 is 18.8. The lowest BCUT2D eigenvalue weighted by Gasteiger charge is -2.09. The van der Waals surface area contributed by atoms with Gasteiger partial charge in [-0.25, -0.2) is 4.39 Å². The van der Waals surface area contributed by atoms with Crippen LogP contribution in [0.1, 0.15) is 18.9 Å². The molecule has 2 aromatic rings. The zero-order chi connectivity index (χ0) is 13.0. The third kappa shape index (κ3) is 2.80. The van der Waals surface area contributed by atoms with Gasteiger partial charge in [-0.05, 0) is 36.2 Å². The van der Waals surface area contributed by atoms with Gasteiger partial charge in [0.1, 0.15) is 17.3 Å². The zero-order valence-electron chi connectivity index (χ0n) is 10.3. The number of hydrogen-bond acceptors (Lipinski definition) is 2. The van der Waals surface area contributed by atoms with E-state index in [-0.39, 0.29) is 5.69 Å². The fourth-order valence-corrected chi connectivity index (χ4v) is 1.75. The molecule has 0 atom stereocenters. The molecule has 2 aromatic carbocycles. The molecular formula is C15H16FNO. The second-order valence-electron chi connectivity index (χ2n) is 4.15. The van der Waals surface area contributed by atoms with Crippen LogP contribution in [0.2, 0.25) is 0 Å². The van der Waals surface area contributed by atoms with Gasteiger partial charge in [0, 0.05) is 0 Å². The van der Waals surface area contributed by atoms with Gasteiger partial charge in [-0.15, -0.1) is 0 Å². The van der Waals surface area contributed by atoms with Crippen LogP contribution in [0.3, 0.4) is 0 Å². The van der Waals surface area contributed by atoms with Crippen LogP contribution in [0.5, 0.6) is 11.5 Å². The largest absolute Gasteiger partial charge is 0.455 e. The maximum atomic E-state index is 13.2. The summed E-state index contributed by atoms with van der Waals surface area (Å²) in [5.74, 6) is 0.542. The quantitative estimate of drug-likeness (QED) is 0.821. The first-order valence-electron chi connectivity index (χ1n) is 6.01. The Morgan fingerprint density at radius 1 is 1.11 bits per heavy atom. The monoisotopic (exact) mass is 245 g/mol. The molecule has 0 spiro atoms. The lowest BCUT2D eigenvalue weighted by molar-refractivity contribution is 0.480. The Morgan fingerprint density at radius 3 is 2.50 bits per heavy atom. The van der Waals surface area contributed by atoms with Crippen LogP contribution in [0.15, 0.2) is 42.5 Å². The van der Waals surface area contributed by atoms with E-state index in [1.807, 2.05) is 24.3 Å². The molecule has 0 heterocycles. The van der Waals surface area contributed by atoms with Crippen molar-refractivity contribution in [2.24, 2.45) is 0 Å². The van der Waals surface area contributed by atoms with Crippen molar-refractivity contribution in [3.05, 3.63) is 53.8 Å². The molecule has 0 aromatic heterocycles. The highest BCUT2D eigenvalue weighted by Gasteiger charge is 2.06. The third-order valence-corrected chi connectivity index (χ3v) is 2.70. The van der Waals surface area contributed by atoms with Crippen molar-refractivity contribution in [3.63, 3.8) is 0 Å². The summed E-state index contributed by atoms with van der Waals surface area (Å²) in [4.78, 5) is 0. The minimum absolute atomic E-state index is 0.0372. The minimum Gasteiger partial charge on any atom is -0.455 e. The first kappa shape index (κ1) is 12.4. The Balaban J connectivity index is 2.16. The molecule has 0 bridgehead atoms. The van der Waals surface area contributed by atoms with Crippen LogP contribution >= 0.6 is 0 Å². The molecule has 0 aliphatic carbocycles. The van der Waals surface area contributed by atoms with Crippen LogP contribution in [0.4, 0.5) is 10.1 Å². The second-order valence-corrected chi connectivity index (χ2v) is 4.15. The van der Waals surface area contributed by atoms with Gasteiger partial charge in [-0.3, -0.25) is 0 Å². The molecule has 0 fully saturated rings. The summed E-state index contributed by atoms with van der Waals surface area (Å²) in [6.45, 7) is 2.14. The van der Waals surface area contributed by atoms with Gasteiger partial charge in [0.25, 0.3) is 0 Å². The summed E-state index contributed by atoms with van der Waals surface area (Å²) in [5, 5.41) is 0. The van der Waals surface area contributed by atoms with Gasteiger partial charge in [-0.2, -0.15) is 0 Å². The number of halogens is 1. The average Bonchev–Trinajstić information content (AvgIpc) is 2.38. The molecule has 0 aliphatic rings. The first-order valence-corrected chi connectivity index (χ1v) is 6.01. The Kier molecular flexibility index (Phi) is 3.82.